The SMILES string of the molecule is CCC(C)(N)C(=O)NC(c1ccccc1)c1cccs1. The zero-order valence-electron chi connectivity index (χ0n) is 11.8. The highest BCUT2D eigenvalue weighted by Crippen LogP contribution is 2.26. The van der Waals surface area contributed by atoms with Crippen LogP contribution < -0.4 is 11.1 Å². The summed E-state index contributed by atoms with van der Waals surface area (Å²) in [7, 11) is 0. The van der Waals surface area contributed by atoms with Gasteiger partial charge >= 0.3 is 0 Å². The first-order valence-corrected chi connectivity index (χ1v) is 7.60. The van der Waals surface area contributed by atoms with Crippen LogP contribution in [0.4, 0.5) is 0 Å². The van der Waals surface area contributed by atoms with Gasteiger partial charge in [0.2, 0.25) is 5.91 Å². The van der Waals surface area contributed by atoms with Crippen LogP contribution >= 0.6 is 11.3 Å². The average Bonchev–Trinajstić information content (AvgIpc) is 2.99. The third-order valence-electron chi connectivity index (χ3n) is 3.49. The summed E-state index contributed by atoms with van der Waals surface area (Å²) in [4.78, 5) is 13.5. The van der Waals surface area contributed by atoms with Crippen molar-refractivity contribution in [2.45, 2.75) is 31.8 Å². The summed E-state index contributed by atoms with van der Waals surface area (Å²) in [5, 5.41) is 5.09. The molecule has 1 heterocycles. The second kappa shape index (κ2) is 6.20. The van der Waals surface area contributed by atoms with E-state index in [9.17, 15) is 4.79 Å². The standard InChI is InChI=1S/C16H20N2OS/c1-3-16(2,17)15(19)18-14(13-10-7-11-20-13)12-8-5-4-6-9-12/h4-11,14H,3,17H2,1-2H3,(H,18,19). The molecular weight excluding hydrogens is 268 g/mol. The lowest BCUT2D eigenvalue weighted by Crippen LogP contribution is -2.52. The highest BCUT2D eigenvalue weighted by atomic mass is 32.1. The second-order valence-corrected chi connectivity index (χ2v) is 6.08. The summed E-state index contributed by atoms with van der Waals surface area (Å²) >= 11 is 1.63. The molecule has 3 nitrogen and oxygen atoms in total. The van der Waals surface area contributed by atoms with E-state index in [-0.39, 0.29) is 11.9 Å². The van der Waals surface area contributed by atoms with Crippen molar-refractivity contribution >= 4 is 17.2 Å². The van der Waals surface area contributed by atoms with Crippen LogP contribution in [0.25, 0.3) is 0 Å². The average molecular weight is 288 g/mol. The minimum absolute atomic E-state index is 0.123. The molecule has 20 heavy (non-hydrogen) atoms. The fourth-order valence-electron chi connectivity index (χ4n) is 1.88. The number of hydrogen-bond acceptors (Lipinski definition) is 3. The fraction of sp³-hybridized carbons (Fsp3) is 0.312. The zero-order valence-corrected chi connectivity index (χ0v) is 12.6. The van der Waals surface area contributed by atoms with Crippen LogP contribution in [-0.2, 0) is 4.79 Å². The van der Waals surface area contributed by atoms with Crippen LogP contribution in [-0.4, -0.2) is 11.4 Å². The summed E-state index contributed by atoms with van der Waals surface area (Å²) in [6.45, 7) is 3.68. The molecule has 2 rings (SSSR count). The molecule has 4 heteroatoms. The van der Waals surface area contributed by atoms with Crippen LogP contribution in [0.5, 0.6) is 0 Å². The summed E-state index contributed by atoms with van der Waals surface area (Å²) in [6, 6.07) is 13.8. The van der Waals surface area contributed by atoms with Crippen molar-refractivity contribution in [3.8, 4) is 0 Å². The Morgan fingerprint density at radius 2 is 2.00 bits per heavy atom. The molecule has 1 amide bonds. The number of hydrogen-bond donors (Lipinski definition) is 2. The van der Waals surface area contributed by atoms with Crippen LogP contribution in [0.15, 0.2) is 47.8 Å². The van der Waals surface area contributed by atoms with Gasteiger partial charge in [-0.25, -0.2) is 0 Å². The number of rotatable bonds is 5. The van der Waals surface area contributed by atoms with Crippen LogP contribution in [0.2, 0.25) is 0 Å². The molecule has 106 valence electrons. The van der Waals surface area contributed by atoms with Crippen molar-refractivity contribution in [3.63, 3.8) is 0 Å². The van der Waals surface area contributed by atoms with Crippen molar-refractivity contribution in [2.75, 3.05) is 0 Å². The molecule has 0 aliphatic carbocycles. The Balaban J connectivity index is 2.28. The molecule has 0 aliphatic heterocycles. The third kappa shape index (κ3) is 3.26. The minimum Gasteiger partial charge on any atom is -0.343 e. The van der Waals surface area contributed by atoms with E-state index in [0.29, 0.717) is 6.42 Å². The predicted octanol–water partition coefficient (Wildman–Crippen LogP) is 3.08. The number of nitrogens with two attached hydrogens (primary N) is 1. The molecule has 3 N–H and O–H groups in total. The van der Waals surface area contributed by atoms with Gasteiger partial charge in [0.1, 0.15) is 0 Å². The van der Waals surface area contributed by atoms with E-state index in [1.165, 1.54) is 0 Å². The minimum atomic E-state index is -0.843. The number of amides is 1. The molecule has 2 atom stereocenters. The molecule has 2 aromatic rings. The van der Waals surface area contributed by atoms with Crippen molar-refractivity contribution in [2.24, 2.45) is 5.73 Å². The van der Waals surface area contributed by atoms with E-state index in [0.717, 1.165) is 10.4 Å². The van der Waals surface area contributed by atoms with Crippen molar-refractivity contribution < 1.29 is 4.79 Å². The van der Waals surface area contributed by atoms with Gasteiger partial charge in [-0.05, 0) is 30.4 Å². The fourth-order valence-corrected chi connectivity index (χ4v) is 2.68. The first-order valence-electron chi connectivity index (χ1n) is 6.73. The monoisotopic (exact) mass is 288 g/mol. The number of nitrogens with one attached hydrogen (secondary N) is 1. The first-order chi connectivity index (χ1) is 9.54. The third-order valence-corrected chi connectivity index (χ3v) is 4.43. The van der Waals surface area contributed by atoms with E-state index in [2.05, 4.69) is 5.32 Å². The molecule has 0 bridgehead atoms. The Labute approximate surface area is 123 Å². The smallest absolute Gasteiger partial charge is 0.240 e. The summed E-state index contributed by atoms with van der Waals surface area (Å²) in [6.07, 6.45) is 0.602. The molecule has 1 aromatic heterocycles. The Morgan fingerprint density at radius 3 is 2.55 bits per heavy atom. The van der Waals surface area contributed by atoms with E-state index < -0.39 is 5.54 Å². The Bertz CT molecular complexity index is 549. The van der Waals surface area contributed by atoms with Crippen molar-refractivity contribution in [3.05, 3.63) is 58.3 Å². The van der Waals surface area contributed by atoms with Gasteiger partial charge in [-0.3, -0.25) is 4.79 Å². The normalized spacial score (nSPS) is 15.3. The highest BCUT2D eigenvalue weighted by molar-refractivity contribution is 7.10. The van der Waals surface area contributed by atoms with Gasteiger partial charge in [-0.2, -0.15) is 0 Å². The molecule has 1 aromatic carbocycles. The summed E-state index contributed by atoms with van der Waals surface area (Å²) in [5.41, 5.74) is 6.25. The molecule has 0 saturated carbocycles. The number of carbonyl (C=O) groups excluding carboxylic acids is 1. The van der Waals surface area contributed by atoms with Crippen molar-refractivity contribution in [1.82, 2.24) is 5.32 Å². The van der Waals surface area contributed by atoms with Gasteiger partial charge < -0.3 is 11.1 Å². The number of carbonyl (C=O) groups is 1. The topological polar surface area (TPSA) is 55.1 Å². The van der Waals surface area contributed by atoms with Gasteiger partial charge in [-0.15, -0.1) is 11.3 Å². The maximum Gasteiger partial charge on any atom is 0.240 e. The molecular formula is C16H20N2OS. The van der Waals surface area contributed by atoms with E-state index in [1.54, 1.807) is 18.3 Å². The van der Waals surface area contributed by atoms with E-state index in [4.69, 9.17) is 5.73 Å². The zero-order chi connectivity index (χ0) is 14.6. The lowest BCUT2D eigenvalue weighted by atomic mass is 9.97. The van der Waals surface area contributed by atoms with Crippen molar-refractivity contribution in [1.29, 1.82) is 0 Å². The Kier molecular flexibility index (Phi) is 4.57. The van der Waals surface area contributed by atoms with Crippen LogP contribution in [0, 0.1) is 0 Å². The molecule has 0 spiro atoms. The lowest BCUT2D eigenvalue weighted by Gasteiger charge is -2.26. The number of benzene rings is 1. The summed E-state index contributed by atoms with van der Waals surface area (Å²) < 4.78 is 0. The van der Waals surface area contributed by atoms with Gasteiger partial charge in [0.15, 0.2) is 0 Å². The summed E-state index contributed by atoms with van der Waals surface area (Å²) in [5.74, 6) is -0.123. The molecule has 0 aliphatic rings. The molecule has 2 unspecified atom stereocenters. The van der Waals surface area contributed by atoms with Gasteiger partial charge in [0, 0.05) is 4.88 Å². The van der Waals surface area contributed by atoms with Gasteiger partial charge in [0.05, 0.1) is 11.6 Å². The Morgan fingerprint density at radius 1 is 1.30 bits per heavy atom. The molecule has 0 radical (unpaired) electrons. The van der Waals surface area contributed by atoms with Gasteiger partial charge in [-0.1, -0.05) is 43.3 Å². The number of thiophene rings is 1. The quantitative estimate of drug-likeness (QED) is 0.888. The molecule has 0 saturated heterocycles. The maximum atomic E-state index is 12.3. The molecule has 0 fully saturated rings. The van der Waals surface area contributed by atoms with Crippen LogP contribution in [0.3, 0.4) is 0 Å². The largest absolute Gasteiger partial charge is 0.343 e. The van der Waals surface area contributed by atoms with Gasteiger partial charge in [0.25, 0.3) is 0 Å². The van der Waals surface area contributed by atoms with E-state index >= 15 is 0 Å². The Hall–Kier alpha value is -1.65. The maximum absolute atomic E-state index is 12.3. The predicted molar refractivity (Wildman–Crippen MR) is 83.6 cm³/mol. The van der Waals surface area contributed by atoms with E-state index in [1.807, 2.05) is 54.8 Å². The highest BCUT2D eigenvalue weighted by Gasteiger charge is 2.29. The lowest BCUT2D eigenvalue weighted by molar-refractivity contribution is -0.126. The van der Waals surface area contributed by atoms with Crippen LogP contribution in [0.1, 0.15) is 36.8 Å². The second-order valence-electron chi connectivity index (χ2n) is 5.10. The first kappa shape index (κ1) is 14.8.